The summed E-state index contributed by atoms with van der Waals surface area (Å²) < 4.78 is 40.5. The van der Waals surface area contributed by atoms with E-state index in [9.17, 15) is 8.42 Å². The van der Waals surface area contributed by atoms with Crippen LogP contribution < -0.4 is 14.8 Å². The highest BCUT2D eigenvalue weighted by atomic mass is 32.2. The van der Waals surface area contributed by atoms with Crippen LogP contribution in [0.15, 0.2) is 23.1 Å². The number of methoxy groups -OCH3 is 1. The summed E-state index contributed by atoms with van der Waals surface area (Å²) in [6.07, 6.45) is 0. The van der Waals surface area contributed by atoms with Gasteiger partial charge in [-0.15, -0.1) is 0 Å². The Kier molecular flexibility index (Phi) is 4.85. The smallest absolute Gasteiger partial charge is 0.180 e. The van der Waals surface area contributed by atoms with Crippen LogP contribution in [0.2, 0.25) is 0 Å². The summed E-state index contributed by atoms with van der Waals surface area (Å²) in [5, 5.41) is 2.93. The summed E-state index contributed by atoms with van der Waals surface area (Å²) in [7, 11) is -0.151. The van der Waals surface area contributed by atoms with Gasteiger partial charge in [0.05, 0.1) is 17.3 Å². The zero-order valence-corrected chi connectivity index (χ0v) is 12.4. The molecule has 2 rings (SSSR count). The summed E-state index contributed by atoms with van der Waals surface area (Å²) >= 11 is 0. The van der Waals surface area contributed by atoms with Gasteiger partial charge in [0, 0.05) is 19.2 Å². The second-order valence-corrected chi connectivity index (χ2v) is 6.56. The monoisotopic (exact) mass is 301 g/mol. The summed E-state index contributed by atoms with van der Waals surface area (Å²) in [5.41, 5.74) is 0. The number of fused-ring (bicyclic) bond motifs is 1. The summed E-state index contributed by atoms with van der Waals surface area (Å²) in [4.78, 5) is 0.234. The van der Waals surface area contributed by atoms with E-state index in [1.807, 2.05) is 0 Å². The van der Waals surface area contributed by atoms with E-state index < -0.39 is 9.84 Å². The molecule has 0 fully saturated rings. The topological polar surface area (TPSA) is 73.9 Å². The molecule has 0 aliphatic carbocycles. The minimum Gasteiger partial charge on any atom is -0.486 e. The van der Waals surface area contributed by atoms with Crippen LogP contribution in [-0.4, -0.2) is 54.2 Å². The second-order valence-electron chi connectivity index (χ2n) is 4.53. The highest BCUT2D eigenvalue weighted by Crippen LogP contribution is 2.32. The minimum atomic E-state index is -3.41. The molecule has 7 heteroatoms. The van der Waals surface area contributed by atoms with Crippen LogP contribution in [0.5, 0.6) is 11.5 Å². The van der Waals surface area contributed by atoms with Crippen molar-refractivity contribution in [3.05, 3.63) is 18.2 Å². The summed E-state index contributed by atoms with van der Waals surface area (Å²) in [5.74, 6) is 1.03. The third kappa shape index (κ3) is 3.41. The molecule has 20 heavy (non-hydrogen) atoms. The van der Waals surface area contributed by atoms with Crippen LogP contribution in [0.1, 0.15) is 0 Å². The molecule has 1 unspecified atom stereocenters. The fourth-order valence-corrected chi connectivity index (χ4v) is 3.54. The molecule has 112 valence electrons. The first-order chi connectivity index (χ1) is 9.56. The molecule has 0 saturated heterocycles. The Labute approximate surface area is 118 Å². The largest absolute Gasteiger partial charge is 0.486 e. The zero-order valence-electron chi connectivity index (χ0n) is 11.6. The molecular formula is C13H19NO5S. The molecular weight excluding hydrogens is 282 g/mol. The highest BCUT2D eigenvalue weighted by molar-refractivity contribution is 7.91. The maximum atomic E-state index is 12.4. The lowest BCUT2D eigenvalue weighted by Crippen LogP contribution is -2.36. The first-order valence-corrected chi connectivity index (χ1v) is 8.00. The average molecular weight is 301 g/mol. The lowest BCUT2D eigenvalue weighted by molar-refractivity contribution is 0.171. The van der Waals surface area contributed by atoms with Crippen molar-refractivity contribution in [1.29, 1.82) is 0 Å². The molecule has 0 saturated carbocycles. The summed E-state index contributed by atoms with van der Waals surface area (Å²) in [6.45, 7) is 1.24. The minimum absolute atomic E-state index is 0.0308. The number of hydrogen-bond donors (Lipinski definition) is 1. The number of benzene rings is 1. The van der Waals surface area contributed by atoms with Crippen molar-refractivity contribution in [1.82, 2.24) is 5.32 Å². The van der Waals surface area contributed by atoms with Gasteiger partial charge in [-0.25, -0.2) is 8.42 Å². The van der Waals surface area contributed by atoms with Crippen molar-refractivity contribution < 1.29 is 22.6 Å². The molecule has 1 atom stereocenters. The zero-order chi connectivity index (χ0) is 14.6. The van der Waals surface area contributed by atoms with Crippen LogP contribution in [0.25, 0.3) is 0 Å². The molecule has 1 aromatic carbocycles. The lowest BCUT2D eigenvalue weighted by Gasteiger charge is -2.20. The first-order valence-electron chi connectivity index (χ1n) is 6.35. The standard InChI is InChI=1S/C13H19NO5S/c1-14-10(8-17-2)9-20(15,16)11-3-4-12-13(7-11)19-6-5-18-12/h3-4,7,10,14H,5-6,8-9H2,1-2H3. The Bertz CT molecular complexity index is 558. The van der Waals surface area contributed by atoms with Gasteiger partial charge in [-0.3, -0.25) is 0 Å². The van der Waals surface area contributed by atoms with Crippen LogP contribution in [0.4, 0.5) is 0 Å². The molecule has 1 aromatic rings. The van der Waals surface area contributed by atoms with Gasteiger partial charge < -0.3 is 19.5 Å². The Morgan fingerprint density at radius 3 is 2.65 bits per heavy atom. The van der Waals surface area contributed by atoms with Gasteiger partial charge >= 0.3 is 0 Å². The number of rotatable bonds is 6. The maximum absolute atomic E-state index is 12.4. The van der Waals surface area contributed by atoms with Gasteiger partial charge in [0.15, 0.2) is 21.3 Å². The Hall–Kier alpha value is -1.31. The molecule has 1 aliphatic heterocycles. The molecule has 0 amide bonds. The van der Waals surface area contributed by atoms with Crippen LogP contribution in [0.3, 0.4) is 0 Å². The average Bonchev–Trinajstić information content (AvgIpc) is 2.46. The fraction of sp³-hybridized carbons (Fsp3) is 0.538. The van der Waals surface area contributed by atoms with E-state index in [0.29, 0.717) is 31.3 Å². The van der Waals surface area contributed by atoms with Gasteiger partial charge in [0.2, 0.25) is 0 Å². The van der Waals surface area contributed by atoms with Gasteiger partial charge in [-0.1, -0.05) is 0 Å². The van der Waals surface area contributed by atoms with Crippen molar-refractivity contribution in [2.24, 2.45) is 0 Å². The normalized spacial score (nSPS) is 15.9. The summed E-state index contributed by atoms with van der Waals surface area (Å²) in [6, 6.07) is 4.44. The quantitative estimate of drug-likeness (QED) is 0.823. The Morgan fingerprint density at radius 2 is 2.00 bits per heavy atom. The highest BCUT2D eigenvalue weighted by Gasteiger charge is 2.23. The van der Waals surface area contributed by atoms with Gasteiger partial charge in [0.1, 0.15) is 13.2 Å². The SMILES string of the molecule is CNC(COC)CS(=O)(=O)c1ccc2c(c1)OCCO2. The maximum Gasteiger partial charge on any atom is 0.180 e. The number of hydrogen-bond acceptors (Lipinski definition) is 6. The van der Waals surface area contributed by atoms with Crippen LogP contribution in [-0.2, 0) is 14.6 Å². The molecule has 0 aromatic heterocycles. The first kappa shape index (κ1) is 15.1. The Morgan fingerprint density at radius 1 is 1.30 bits per heavy atom. The molecule has 1 N–H and O–H groups in total. The van der Waals surface area contributed by atoms with Gasteiger partial charge in [0.25, 0.3) is 0 Å². The van der Waals surface area contributed by atoms with E-state index in [0.717, 1.165) is 0 Å². The predicted molar refractivity (Wildman–Crippen MR) is 74.2 cm³/mol. The Balaban J connectivity index is 2.20. The molecule has 1 aliphatic rings. The van der Waals surface area contributed by atoms with E-state index in [2.05, 4.69) is 5.32 Å². The molecule has 0 spiro atoms. The van der Waals surface area contributed by atoms with Crippen molar-refractivity contribution in [2.75, 3.05) is 39.7 Å². The number of nitrogens with one attached hydrogen (secondary N) is 1. The van der Waals surface area contributed by atoms with Crippen LogP contribution in [0, 0.1) is 0 Å². The van der Waals surface area contributed by atoms with Crippen molar-refractivity contribution >= 4 is 9.84 Å². The lowest BCUT2D eigenvalue weighted by atomic mass is 10.3. The number of likely N-dealkylation sites (N-methyl/N-ethyl adjacent to an activating group) is 1. The van der Waals surface area contributed by atoms with Crippen LogP contribution >= 0.6 is 0 Å². The van der Waals surface area contributed by atoms with E-state index in [4.69, 9.17) is 14.2 Å². The van der Waals surface area contributed by atoms with Gasteiger partial charge in [-0.2, -0.15) is 0 Å². The molecule has 1 heterocycles. The van der Waals surface area contributed by atoms with E-state index >= 15 is 0 Å². The van der Waals surface area contributed by atoms with E-state index in [-0.39, 0.29) is 16.7 Å². The van der Waals surface area contributed by atoms with Gasteiger partial charge in [-0.05, 0) is 19.2 Å². The molecule has 6 nitrogen and oxygen atoms in total. The molecule has 0 bridgehead atoms. The van der Waals surface area contributed by atoms with Crippen molar-refractivity contribution in [3.8, 4) is 11.5 Å². The third-order valence-corrected chi connectivity index (χ3v) is 4.88. The van der Waals surface area contributed by atoms with E-state index in [1.165, 1.54) is 6.07 Å². The second kappa shape index (κ2) is 6.43. The number of sulfone groups is 1. The fourth-order valence-electron chi connectivity index (χ4n) is 1.99. The number of ether oxygens (including phenoxy) is 3. The predicted octanol–water partition coefficient (Wildman–Crippen LogP) is 0.466. The van der Waals surface area contributed by atoms with Crippen molar-refractivity contribution in [3.63, 3.8) is 0 Å². The molecule has 0 radical (unpaired) electrons. The van der Waals surface area contributed by atoms with E-state index in [1.54, 1.807) is 26.3 Å². The third-order valence-electron chi connectivity index (χ3n) is 3.07. The van der Waals surface area contributed by atoms with Crippen molar-refractivity contribution in [2.45, 2.75) is 10.9 Å².